The number of alkyl halides is 3. The molecule has 21 heavy (non-hydrogen) atoms. The molecule has 0 radical (unpaired) electrons. The third kappa shape index (κ3) is 3.46. The normalized spacial score (nSPS) is 15.4. The predicted octanol–water partition coefficient (Wildman–Crippen LogP) is 4.84. The van der Waals surface area contributed by atoms with E-state index in [1.54, 1.807) is 18.2 Å². The number of hydrogen-bond donors (Lipinski definition) is 1. The van der Waals surface area contributed by atoms with E-state index < -0.39 is 11.9 Å². The minimum absolute atomic E-state index is 0.224. The molecule has 1 aliphatic carbocycles. The zero-order valence-electron chi connectivity index (χ0n) is 10.9. The fourth-order valence-corrected chi connectivity index (χ4v) is 3.64. The lowest BCUT2D eigenvalue weighted by molar-refractivity contribution is -0.141. The number of nitrogens with one attached hydrogen (secondary N) is 1. The van der Waals surface area contributed by atoms with E-state index in [-0.39, 0.29) is 11.4 Å². The van der Waals surface area contributed by atoms with Crippen molar-refractivity contribution >= 4 is 27.3 Å². The predicted molar refractivity (Wildman–Crippen MR) is 80.1 cm³/mol. The van der Waals surface area contributed by atoms with Crippen LogP contribution >= 0.6 is 27.3 Å². The number of halogens is 4. The molecule has 2 nitrogen and oxygen atoms in total. The Labute approximate surface area is 132 Å². The Bertz CT molecular complexity index is 650. The number of rotatable bonds is 4. The summed E-state index contributed by atoms with van der Waals surface area (Å²) in [6, 6.07) is 7.53. The molecule has 112 valence electrons. The van der Waals surface area contributed by atoms with Gasteiger partial charge in [-0.3, -0.25) is 0 Å². The van der Waals surface area contributed by atoms with E-state index in [2.05, 4.69) is 26.2 Å². The quantitative estimate of drug-likeness (QED) is 0.825. The van der Waals surface area contributed by atoms with Crippen LogP contribution in [-0.4, -0.2) is 11.0 Å². The van der Waals surface area contributed by atoms with Crippen LogP contribution in [0, 0.1) is 0 Å². The van der Waals surface area contributed by atoms with Crippen LogP contribution in [-0.2, 0) is 12.7 Å². The zero-order valence-corrected chi connectivity index (χ0v) is 13.3. The van der Waals surface area contributed by atoms with Crippen molar-refractivity contribution in [2.24, 2.45) is 0 Å². The van der Waals surface area contributed by atoms with Gasteiger partial charge in [-0.25, -0.2) is 4.98 Å². The van der Waals surface area contributed by atoms with E-state index in [1.807, 2.05) is 6.07 Å². The molecule has 0 unspecified atom stereocenters. The van der Waals surface area contributed by atoms with Crippen molar-refractivity contribution < 1.29 is 13.2 Å². The van der Waals surface area contributed by atoms with Crippen molar-refractivity contribution in [3.05, 3.63) is 39.3 Å². The molecule has 1 aromatic carbocycles. The van der Waals surface area contributed by atoms with Gasteiger partial charge in [-0.1, -0.05) is 34.1 Å². The Morgan fingerprint density at radius 2 is 2.00 bits per heavy atom. The lowest BCUT2D eigenvalue weighted by atomic mass is 10.2. The third-order valence-corrected chi connectivity index (χ3v) is 4.98. The summed E-state index contributed by atoms with van der Waals surface area (Å²) in [5.41, 5.74) is -0.0860. The molecule has 1 saturated carbocycles. The Balaban J connectivity index is 1.96. The molecular weight excluding hydrogens is 365 g/mol. The summed E-state index contributed by atoms with van der Waals surface area (Å²) in [5, 5.41) is 3.51. The minimum atomic E-state index is -4.42. The van der Waals surface area contributed by atoms with Crippen LogP contribution in [0.25, 0.3) is 10.6 Å². The molecule has 1 fully saturated rings. The van der Waals surface area contributed by atoms with Crippen molar-refractivity contribution in [3.8, 4) is 10.6 Å². The lowest BCUT2D eigenvalue weighted by Crippen LogP contribution is -2.18. The maximum absolute atomic E-state index is 13.1. The molecule has 7 heteroatoms. The molecule has 0 spiro atoms. The number of benzene rings is 1. The van der Waals surface area contributed by atoms with Gasteiger partial charge in [0.15, 0.2) is 5.69 Å². The monoisotopic (exact) mass is 376 g/mol. The number of hydrogen-bond acceptors (Lipinski definition) is 3. The maximum atomic E-state index is 13.1. The van der Waals surface area contributed by atoms with Crippen molar-refractivity contribution in [2.75, 3.05) is 0 Å². The Morgan fingerprint density at radius 3 is 2.62 bits per heavy atom. The Hall–Kier alpha value is -0.920. The molecule has 0 saturated heterocycles. The SMILES string of the molecule is FC(F)(F)c1nc(-c2ccccc2Br)sc1CNC1CC1. The molecule has 2 aromatic rings. The molecular formula is C14H12BrF3N2S. The lowest BCUT2D eigenvalue weighted by Gasteiger charge is -2.06. The van der Waals surface area contributed by atoms with Crippen LogP contribution in [0.15, 0.2) is 28.7 Å². The van der Waals surface area contributed by atoms with Gasteiger partial charge >= 0.3 is 6.18 Å². The molecule has 0 aliphatic heterocycles. The smallest absolute Gasteiger partial charge is 0.309 e. The first-order chi connectivity index (χ1) is 9.95. The maximum Gasteiger partial charge on any atom is 0.434 e. The van der Waals surface area contributed by atoms with Crippen LogP contribution < -0.4 is 5.32 Å². The molecule has 1 heterocycles. The summed E-state index contributed by atoms with van der Waals surface area (Å²) in [4.78, 5) is 4.08. The average molecular weight is 377 g/mol. The van der Waals surface area contributed by atoms with Gasteiger partial charge in [0.05, 0.1) is 4.88 Å². The molecule has 0 atom stereocenters. The van der Waals surface area contributed by atoms with E-state index in [0.29, 0.717) is 16.6 Å². The molecule has 0 bridgehead atoms. The van der Waals surface area contributed by atoms with E-state index in [1.165, 1.54) is 0 Å². The first kappa shape index (κ1) is 15.0. The largest absolute Gasteiger partial charge is 0.434 e. The second-order valence-corrected chi connectivity index (χ2v) is 6.86. The fourth-order valence-electron chi connectivity index (χ4n) is 1.97. The molecule has 3 rings (SSSR count). The van der Waals surface area contributed by atoms with Gasteiger partial charge < -0.3 is 5.32 Å². The standard InChI is InChI=1S/C14H12BrF3N2S/c15-10-4-2-1-3-9(10)13-20-12(14(16,17)18)11(21-13)7-19-8-5-6-8/h1-4,8,19H,5-7H2. The number of nitrogens with zero attached hydrogens (tertiary/aromatic N) is 1. The van der Waals surface area contributed by atoms with Gasteiger partial charge in [-0.15, -0.1) is 11.3 Å². The van der Waals surface area contributed by atoms with Crippen LogP contribution in [0.4, 0.5) is 13.2 Å². The highest BCUT2D eigenvalue weighted by Gasteiger charge is 2.38. The van der Waals surface area contributed by atoms with Gasteiger partial charge in [0, 0.05) is 22.6 Å². The number of aromatic nitrogens is 1. The minimum Gasteiger partial charge on any atom is -0.309 e. The molecule has 1 aromatic heterocycles. The first-order valence-corrected chi connectivity index (χ1v) is 8.11. The third-order valence-electron chi connectivity index (χ3n) is 3.20. The fraction of sp³-hybridized carbons (Fsp3) is 0.357. The molecule has 1 N–H and O–H groups in total. The van der Waals surface area contributed by atoms with Gasteiger partial charge in [-0.2, -0.15) is 13.2 Å². The Morgan fingerprint density at radius 1 is 1.29 bits per heavy atom. The van der Waals surface area contributed by atoms with Crippen LogP contribution in [0.5, 0.6) is 0 Å². The summed E-state index contributed by atoms with van der Waals surface area (Å²) in [6.45, 7) is 0.224. The van der Waals surface area contributed by atoms with Gasteiger partial charge in [0.1, 0.15) is 5.01 Å². The van der Waals surface area contributed by atoms with E-state index in [9.17, 15) is 13.2 Å². The van der Waals surface area contributed by atoms with Crippen molar-refractivity contribution in [1.82, 2.24) is 10.3 Å². The first-order valence-electron chi connectivity index (χ1n) is 6.50. The van der Waals surface area contributed by atoms with Crippen LogP contribution in [0.1, 0.15) is 23.4 Å². The molecule has 0 amide bonds. The second kappa shape index (κ2) is 5.70. The van der Waals surface area contributed by atoms with Gasteiger partial charge in [-0.05, 0) is 18.9 Å². The zero-order chi connectivity index (χ0) is 15.0. The summed E-state index contributed by atoms with van der Waals surface area (Å²) in [5.74, 6) is 0. The van der Waals surface area contributed by atoms with Gasteiger partial charge in [0.2, 0.25) is 0 Å². The summed E-state index contributed by atoms with van der Waals surface area (Å²) >= 11 is 4.46. The summed E-state index contributed by atoms with van der Waals surface area (Å²) in [6.07, 6.45) is -2.34. The highest BCUT2D eigenvalue weighted by molar-refractivity contribution is 9.10. The summed E-state index contributed by atoms with van der Waals surface area (Å²) in [7, 11) is 0. The second-order valence-electron chi connectivity index (χ2n) is 4.92. The number of thiazole rings is 1. The summed E-state index contributed by atoms with van der Waals surface area (Å²) < 4.78 is 40.1. The van der Waals surface area contributed by atoms with E-state index >= 15 is 0 Å². The van der Waals surface area contributed by atoms with Crippen LogP contribution in [0.3, 0.4) is 0 Å². The molecule has 1 aliphatic rings. The van der Waals surface area contributed by atoms with E-state index in [4.69, 9.17) is 0 Å². The van der Waals surface area contributed by atoms with Crippen LogP contribution in [0.2, 0.25) is 0 Å². The van der Waals surface area contributed by atoms with E-state index in [0.717, 1.165) is 28.7 Å². The van der Waals surface area contributed by atoms with Crippen molar-refractivity contribution in [1.29, 1.82) is 0 Å². The van der Waals surface area contributed by atoms with Crippen molar-refractivity contribution in [3.63, 3.8) is 0 Å². The highest BCUT2D eigenvalue weighted by atomic mass is 79.9. The average Bonchev–Trinajstić information content (AvgIpc) is 3.14. The van der Waals surface area contributed by atoms with Gasteiger partial charge in [0.25, 0.3) is 0 Å². The van der Waals surface area contributed by atoms with Crippen molar-refractivity contribution in [2.45, 2.75) is 31.6 Å². The Kier molecular flexibility index (Phi) is 4.07. The topological polar surface area (TPSA) is 24.9 Å². The highest BCUT2D eigenvalue weighted by Crippen LogP contribution is 2.39.